The van der Waals surface area contributed by atoms with E-state index >= 15 is 0 Å². The minimum atomic E-state index is -0.781. The van der Waals surface area contributed by atoms with Crippen molar-refractivity contribution < 1.29 is 14.6 Å². The summed E-state index contributed by atoms with van der Waals surface area (Å²) in [5, 5.41) is 8.76. The predicted molar refractivity (Wildman–Crippen MR) is 77.7 cm³/mol. The molecule has 1 atom stereocenters. The first-order valence-corrected chi connectivity index (χ1v) is 7.18. The number of ether oxygens (including phenoxy) is 1. The molecule has 1 saturated heterocycles. The molecule has 1 aliphatic rings. The zero-order valence-corrected chi connectivity index (χ0v) is 12.0. The lowest BCUT2D eigenvalue weighted by atomic mass is 9.98. The average Bonchev–Trinajstić information content (AvgIpc) is 2.41. The normalized spacial score (nSPS) is 19.9. The van der Waals surface area contributed by atoms with Crippen LogP contribution in [0, 0.1) is 5.92 Å². The van der Waals surface area contributed by atoms with Gasteiger partial charge in [0.1, 0.15) is 0 Å². The van der Waals surface area contributed by atoms with Crippen molar-refractivity contribution in [2.75, 3.05) is 26.8 Å². The molecule has 1 unspecified atom stereocenters. The van der Waals surface area contributed by atoms with Crippen LogP contribution in [0.5, 0.6) is 0 Å². The average molecular weight is 277 g/mol. The van der Waals surface area contributed by atoms with E-state index in [4.69, 9.17) is 9.84 Å². The van der Waals surface area contributed by atoms with Gasteiger partial charge in [0.2, 0.25) is 0 Å². The van der Waals surface area contributed by atoms with Crippen LogP contribution in [0.4, 0.5) is 0 Å². The Morgan fingerprint density at radius 2 is 2.05 bits per heavy atom. The lowest BCUT2D eigenvalue weighted by Gasteiger charge is -2.32. The largest absolute Gasteiger partial charge is 0.481 e. The van der Waals surface area contributed by atoms with Crippen LogP contribution in [0.2, 0.25) is 0 Å². The highest BCUT2D eigenvalue weighted by Crippen LogP contribution is 2.19. The zero-order chi connectivity index (χ0) is 14.4. The van der Waals surface area contributed by atoms with Crippen molar-refractivity contribution in [3.63, 3.8) is 0 Å². The monoisotopic (exact) mass is 277 g/mol. The number of benzene rings is 1. The highest BCUT2D eigenvalue weighted by Gasteiger charge is 2.19. The van der Waals surface area contributed by atoms with E-state index in [-0.39, 0.29) is 6.42 Å². The third kappa shape index (κ3) is 4.62. The summed E-state index contributed by atoms with van der Waals surface area (Å²) < 4.78 is 5.25. The first kappa shape index (κ1) is 15.0. The molecule has 1 aromatic carbocycles. The molecular formula is C16H23NO3. The van der Waals surface area contributed by atoms with Crippen LogP contribution in [0.15, 0.2) is 24.3 Å². The van der Waals surface area contributed by atoms with Gasteiger partial charge in [-0.1, -0.05) is 24.3 Å². The number of piperidine rings is 1. The van der Waals surface area contributed by atoms with Crippen molar-refractivity contribution in [2.45, 2.75) is 25.8 Å². The van der Waals surface area contributed by atoms with Gasteiger partial charge in [0.15, 0.2) is 0 Å². The molecule has 1 fully saturated rings. The maximum atomic E-state index is 10.6. The Kier molecular flexibility index (Phi) is 5.56. The number of aliphatic carboxylic acids is 1. The van der Waals surface area contributed by atoms with Gasteiger partial charge in [-0.3, -0.25) is 9.69 Å². The molecule has 4 nitrogen and oxygen atoms in total. The Balaban J connectivity index is 1.87. The van der Waals surface area contributed by atoms with E-state index < -0.39 is 5.97 Å². The second-order valence-electron chi connectivity index (χ2n) is 5.59. The highest BCUT2D eigenvalue weighted by molar-refractivity contribution is 5.70. The van der Waals surface area contributed by atoms with Gasteiger partial charge < -0.3 is 9.84 Å². The number of hydrogen-bond acceptors (Lipinski definition) is 3. The number of carboxylic acid groups (broad SMARTS) is 1. The van der Waals surface area contributed by atoms with E-state index in [1.165, 1.54) is 18.4 Å². The lowest BCUT2D eigenvalue weighted by molar-refractivity contribution is -0.136. The number of rotatable bonds is 6. The minimum Gasteiger partial charge on any atom is -0.481 e. The SMILES string of the molecule is COCC1CCCN(Cc2ccc(CC(=O)O)cc2)C1. The number of hydrogen-bond donors (Lipinski definition) is 1. The van der Waals surface area contributed by atoms with E-state index in [0.29, 0.717) is 5.92 Å². The summed E-state index contributed by atoms with van der Waals surface area (Å²) in [6.45, 7) is 4.00. The first-order valence-electron chi connectivity index (χ1n) is 7.18. The van der Waals surface area contributed by atoms with Gasteiger partial charge >= 0.3 is 5.97 Å². The maximum absolute atomic E-state index is 10.6. The predicted octanol–water partition coefficient (Wildman–Crippen LogP) is 2.17. The molecule has 0 radical (unpaired) electrons. The van der Waals surface area contributed by atoms with E-state index in [2.05, 4.69) is 4.90 Å². The fraction of sp³-hybridized carbons (Fsp3) is 0.562. The molecule has 2 rings (SSSR count). The van der Waals surface area contributed by atoms with E-state index in [0.717, 1.165) is 31.8 Å². The molecule has 20 heavy (non-hydrogen) atoms. The molecule has 0 amide bonds. The standard InChI is InChI=1S/C16H23NO3/c1-20-12-15-3-2-8-17(11-15)10-14-6-4-13(5-7-14)9-16(18)19/h4-7,15H,2-3,8-12H2,1H3,(H,18,19). The Bertz CT molecular complexity index is 428. The number of methoxy groups -OCH3 is 1. The molecule has 1 aromatic rings. The number of nitrogens with zero attached hydrogens (tertiary/aromatic N) is 1. The smallest absolute Gasteiger partial charge is 0.307 e. The summed E-state index contributed by atoms with van der Waals surface area (Å²) in [5.41, 5.74) is 2.11. The summed E-state index contributed by atoms with van der Waals surface area (Å²) in [7, 11) is 1.76. The zero-order valence-electron chi connectivity index (χ0n) is 12.0. The number of carboxylic acids is 1. The first-order chi connectivity index (χ1) is 9.67. The third-order valence-corrected chi connectivity index (χ3v) is 3.79. The van der Waals surface area contributed by atoms with Crippen molar-refractivity contribution in [2.24, 2.45) is 5.92 Å². The molecule has 0 aliphatic carbocycles. The van der Waals surface area contributed by atoms with Gasteiger partial charge in [0.05, 0.1) is 13.0 Å². The Hall–Kier alpha value is -1.39. The molecule has 110 valence electrons. The fourth-order valence-corrected chi connectivity index (χ4v) is 2.86. The highest BCUT2D eigenvalue weighted by atomic mass is 16.5. The van der Waals surface area contributed by atoms with Crippen LogP contribution in [-0.2, 0) is 22.5 Å². The van der Waals surface area contributed by atoms with Crippen LogP contribution in [0.3, 0.4) is 0 Å². The van der Waals surface area contributed by atoms with Crippen LogP contribution in [0.25, 0.3) is 0 Å². The van der Waals surface area contributed by atoms with Crippen molar-refractivity contribution in [1.29, 1.82) is 0 Å². The second-order valence-corrected chi connectivity index (χ2v) is 5.59. The molecular weight excluding hydrogens is 254 g/mol. The third-order valence-electron chi connectivity index (χ3n) is 3.79. The van der Waals surface area contributed by atoms with E-state index in [9.17, 15) is 4.79 Å². The summed E-state index contributed by atoms with van der Waals surface area (Å²) in [4.78, 5) is 13.1. The molecule has 0 aromatic heterocycles. The molecule has 1 aliphatic heterocycles. The van der Waals surface area contributed by atoms with Gasteiger partial charge in [0.25, 0.3) is 0 Å². The van der Waals surface area contributed by atoms with Gasteiger partial charge in [0, 0.05) is 20.2 Å². The molecule has 4 heteroatoms. The Labute approximate surface area is 120 Å². The molecule has 0 bridgehead atoms. The van der Waals surface area contributed by atoms with Gasteiger partial charge in [-0.2, -0.15) is 0 Å². The summed E-state index contributed by atoms with van der Waals surface area (Å²) >= 11 is 0. The fourth-order valence-electron chi connectivity index (χ4n) is 2.86. The minimum absolute atomic E-state index is 0.0971. The summed E-state index contributed by atoms with van der Waals surface area (Å²) in [5.74, 6) is -0.142. The van der Waals surface area contributed by atoms with Crippen LogP contribution in [0.1, 0.15) is 24.0 Å². The van der Waals surface area contributed by atoms with Crippen molar-refractivity contribution in [1.82, 2.24) is 4.90 Å². The molecule has 0 spiro atoms. The Morgan fingerprint density at radius 1 is 1.35 bits per heavy atom. The van der Waals surface area contributed by atoms with E-state index in [1.807, 2.05) is 24.3 Å². The number of likely N-dealkylation sites (tertiary alicyclic amines) is 1. The summed E-state index contributed by atoms with van der Waals surface area (Å²) in [6.07, 6.45) is 2.58. The summed E-state index contributed by atoms with van der Waals surface area (Å²) in [6, 6.07) is 7.91. The van der Waals surface area contributed by atoms with Crippen LogP contribution < -0.4 is 0 Å². The van der Waals surface area contributed by atoms with Crippen LogP contribution in [-0.4, -0.2) is 42.8 Å². The van der Waals surface area contributed by atoms with Crippen molar-refractivity contribution >= 4 is 5.97 Å². The van der Waals surface area contributed by atoms with Gasteiger partial charge in [-0.15, -0.1) is 0 Å². The molecule has 1 heterocycles. The quantitative estimate of drug-likeness (QED) is 0.866. The maximum Gasteiger partial charge on any atom is 0.307 e. The van der Waals surface area contributed by atoms with Gasteiger partial charge in [-0.05, 0) is 36.4 Å². The van der Waals surface area contributed by atoms with Crippen molar-refractivity contribution in [3.8, 4) is 0 Å². The van der Waals surface area contributed by atoms with Gasteiger partial charge in [-0.25, -0.2) is 0 Å². The Morgan fingerprint density at radius 3 is 2.70 bits per heavy atom. The second kappa shape index (κ2) is 7.41. The van der Waals surface area contributed by atoms with Crippen molar-refractivity contribution in [3.05, 3.63) is 35.4 Å². The van der Waals surface area contributed by atoms with E-state index in [1.54, 1.807) is 7.11 Å². The topological polar surface area (TPSA) is 49.8 Å². The molecule has 0 saturated carbocycles. The van der Waals surface area contributed by atoms with Crippen LogP contribution >= 0.6 is 0 Å². The number of carbonyl (C=O) groups is 1. The molecule has 1 N–H and O–H groups in total. The lowest BCUT2D eigenvalue weighted by Crippen LogP contribution is -2.36.